The van der Waals surface area contributed by atoms with Crippen LogP contribution in [0.4, 0.5) is 5.88 Å². The minimum atomic E-state index is -0.698. The maximum atomic E-state index is 11.5. The molecule has 0 fully saturated rings. The highest BCUT2D eigenvalue weighted by Crippen LogP contribution is 2.15. The molecule has 94 valence electrons. The average molecular weight is 241 g/mol. The first-order valence-electron chi connectivity index (χ1n) is 5.19. The highest BCUT2D eigenvalue weighted by molar-refractivity contribution is 5.91. The van der Waals surface area contributed by atoms with Gasteiger partial charge in [-0.1, -0.05) is 13.8 Å². The summed E-state index contributed by atoms with van der Waals surface area (Å²) in [6, 6.07) is 2.23. The predicted octanol–water partition coefficient (Wildman–Crippen LogP) is 0.901. The van der Waals surface area contributed by atoms with Gasteiger partial charge in [-0.05, 0) is 12.0 Å². The van der Waals surface area contributed by atoms with E-state index < -0.39 is 16.7 Å². The van der Waals surface area contributed by atoms with Gasteiger partial charge >= 0.3 is 5.88 Å². The van der Waals surface area contributed by atoms with E-state index in [4.69, 9.17) is 10.2 Å². The lowest BCUT2D eigenvalue weighted by Gasteiger charge is -2.15. The van der Waals surface area contributed by atoms with Crippen molar-refractivity contribution < 1.29 is 14.1 Å². The Hall–Kier alpha value is -1.89. The molecule has 3 N–H and O–H groups in total. The van der Waals surface area contributed by atoms with Crippen molar-refractivity contribution in [3.05, 3.63) is 28.0 Å². The Morgan fingerprint density at radius 3 is 2.71 bits per heavy atom. The van der Waals surface area contributed by atoms with E-state index in [-0.39, 0.29) is 17.7 Å². The smallest absolute Gasteiger partial charge is 0.395 e. The molecule has 0 saturated heterocycles. The SMILES string of the molecule is CC(C)C(N)CNC(=O)c1ccc([N+](=O)[O-])o1. The molecule has 1 rings (SSSR count). The van der Waals surface area contributed by atoms with Crippen molar-refractivity contribution in [1.82, 2.24) is 5.32 Å². The van der Waals surface area contributed by atoms with Crippen molar-refractivity contribution in [3.8, 4) is 0 Å². The van der Waals surface area contributed by atoms with Crippen molar-refractivity contribution >= 4 is 11.8 Å². The Balaban J connectivity index is 2.55. The third-order valence-electron chi connectivity index (χ3n) is 2.35. The molecule has 0 saturated carbocycles. The predicted molar refractivity (Wildman–Crippen MR) is 60.5 cm³/mol. The second-order valence-corrected chi connectivity index (χ2v) is 4.01. The zero-order chi connectivity index (χ0) is 13.0. The largest absolute Gasteiger partial charge is 0.433 e. The van der Waals surface area contributed by atoms with Gasteiger partial charge in [-0.15, -0.1) is 0 Å². The minimum Gasteiger partial charge on any atom is -0.395 e. The van der Waals surface area contributed by atoms with Gasteiger partial charge in [-0.2, -0.15) is 0 Å². The molecule has 0 spiro atoms. The molecular formula is C10H15N3O4. The summed E-state index contributed by atoms with van der Waals surface area (Å²) in [4.78, 5) is 21.2. The Labute approximate surface area is 98.1 Å². The highest BCUT2D eigenvalue weighted by atomic mass is 16.6. The molecule has 7 heteroatoms. The molecule has 1 amide bonds. The lowest BCUT2D eigenvalue weighted by Crippen LogP contribution is -2.40. The van der Waals surface area contributed by atoms with Gasteiger partial charge in [-0.25, -0.2) is 0 Å². The fraction of sp³-hybridized carbons (Fsp3) is 0.500. The van der Waals surface area contributed by atoms with Crippen LogP contribution < -0.4 is 11.1 Å². The molecule has 0 aliphatic rings. The normalized spacial score (nSPS) is 12.5. The van der Waals surface area contributed by atoms with Crippen molar-refractivity contribution in [2.24, 2.45) is 11.7 Å². The number of amides is 1. The van der Waals surface area contributed by atoms with Gasteiger partial charge in [0.1, 0.15) is 4.92 Å². The molecule has 1 unspecified atom stereocenters. The topological polar surface area (TPSA) is 111 Å². The van der Waals surface area contributed by atoms with Gasteiger partial charge in [0, 0.05) is 12.6 Å². The summed E-state index contributed by atoms with van der Waals surface area (Å²) in [5.41, 5.74) is 5.74. The Kier molecular flexibility index (Phi) is 4.22. The van der Waals surface area contributed by atoms with Gasteiger partial charge < -0.3 is 15.5 Å². The van der Waals surface area contributed by atoms with E-state index in [9.17, 15) is 14.9 Å². The molecule has 1 aromatic heterocycles. The van der Waals surface area contributed by atoms with Crippen LogP contribution >= 0.6 is 0 Å². The number of nitrogens with two attached hydrogens (primary N) is 1. The van der Waals surface area contributed by atoms with Crippen LogP contribution in [0.15, 0.2) is 16.5 Å². The second-order valence-electron chi connectivity index (χ2n) is 4.01. The summed E-state index contributed by atoms with van der Waals surface area (Å²) in [5.74, 6) is -0.814. The summed E-state index contributed by atoms with van der Waals surface area (Å²) in [6.07, 6.45) is 0. The standard InChI is InChI=1S/C10H15N3O4/c1-6(2)7(11)5-12-10(14)8-3-4-9(17-8)13(15)16/h3-4,6-7H,5,11H2,1-2H3,(H,12,14). The van der Waals surface area contributed by atoms with E-state index in [2.05, 4.69) is 5.32 Å². The van der Waals surface area contributed by atoms with Crippen LogP contribution in [0.1, 0.15) is 24.4 Å². The third kappa shape index (κ3) is 3.56. The number of carbonyl (C=O) groups excluding carboxylic acids is 1. The van der Waals surface area contributed by atoms with E-state index in [0.29, 0.717) is 6.54 Å². The van der Waals surface area contributed by atoms with E-state index in [0.717, 1.165) is 6.07 Å². The molecule has 7 nitrogen and oxygen atoms in total. The number of nitrogens with one attached hydrogen (secondary N) is 1. The van der Waals surface area contributed by atoms with Crippen molar-refractivity contribution in [1.29, 1.82) is 0 Å². The first-order valence-corrected chi connectivity index (χ1v) is 5.19. The Bertz CT molecular complexity index is 413. The molecule has 0 aliphatic carbocycles. The van der Waals surface area contributed by atoms with Gasteiger partial charge in [-0.3, -0.25) is 14.9 Å². The number of nitrogens with zero attached hydrogens (tertiary/aromatic N) is 1. The molecule has 0 bridgehead atoms. The van der Waals surface area contributed by atoms with Crippen LogP contribution in [0.5, 0.6) is 0 Å². The van der Waals surface area contributed by atoms with Crippen LogP contribution in [0.25, 0.3) is 0 Å². The summed E-state index contributed by atoms with van der Waals surface area (Å²) < 4.78 is 4.75. The lowest BCUT2D eigenvalue weighted by molar-refractivity contribution is -0.402. The number of rotatable bonds is 5. The fourth-order valence-corrected chi connectivity index (χ4v) is 1.08. The van der Waals surface area contributed by atoms with Crippen LogP contribution in [-0.4, -0.2) is 23.4 Å². The van der Waals surface area contributed by atoms with E-state index in [1.54, 1.807) is 0 Å². The fourth-order valence-electron chi connectivity index (χ4n) is 1.08. The van der Waals surface area contributed by atoms with Gasteiger partial charge in [0.15, 0.2) is 5.76 Å². The number of hydrogen-bond acceptors (Lipinski definition) is 5. The van der Waals surface area contributed by atoms with Crippen LogP contribution in [0.2, 0.25) is 0 Å². The van der Waals surface area contributed by atoms with Crippen molar-refractivity contribution in [3.63, 3.8) is 0 Å². The maximum Gasteiger partial charge on any atom is 0.433 e. The first kappa shape index (κ1) is 13.2. The van der Waals surface area contributed by atoms with Gasteiger partial charge in [0.05, 0.1) is 6.07 Å². The summed E-state index contributed by atoms with van der Waals surface area (Å²) in [5, 5.41) is 12.9. The monoisotopic (exact) mass is 241 g/mol. The molecular weight excluding hydrogens is 226 g/mol. The Morgan fingerprint density at radius 2 is 2.24 bits per heavy atom. The number of hydrogen-bond donors (Lipinski definition) is 2. The summed E-state index contributed by atoms with van der Waals surface area (Å²) in [7, 11) is 0. The molecule has 0 aliphatic heterocycles. The zero-order valence-corrected chi connectivity index (χ0v) is 9.67. The molecule has 0 radical (unpaired) electrons. The minimum absolute atomic E-state index is 0.0901. The van der Waals surface area contributed by atoms with Gasteiger partial charge in [0.25, 0.3) is 5.91 Å². The first-order chi connectivity index (χ1) is 7.91. The highest BCUT2D eigenvalue weighted by Gasteiger charge is 2.18. The molecule has 1 atom stereocenters. The van der Waals surface area contributed by atoms with Crippen molar-refractivity contribution in [2.75, 3.05) is 6.54 Å². The van der Waals surface area contributed by atoms with E-state index in [1.165, 1.54) is 6.07 Å². The van der Waals surface area contributed by atoms with Crippen LogP contribution in [0, 0.1) is 16.0 Å². The van der Waals surface area contributed by atoms with Crippen LogP contribution in [0.3, 0.4) is 0 Å². The quantitative estimate of drug-likeness (QED) is 0.587. The lowest BCUT2D eigenvalue weighted by atomic mass is 10.1. The number of nitro groups is 1. The molecule has 1 heterocycles. The Morgan fingerprint density at radius 1 is 1.59 bits per heavy atom. The second kappa shape index (κ2) is 5.44. The average Bonchev–Trinajstić information content (AvgIpc) is 2.74. The third-order valence-corrected chi connectivity index (χ3v) is 2.35. The van der Waals surface area contributed by atoms with Gasteiger partial charge in [0.2, 0.25) is 0 Å². The van der Waals surface area contributed by atoms with E-state index >= 15 is 0 Å². The van der Waals surface area contributed by atoms with Crippen molar-refractivity contribution in [2.45, 2.75) is 19.9 Å². The van der Waals surface area contributed by atoms with Crippen LogP contribution in [-0.2, 0) is 0 Å². The summed E-state index contributed by atoms with van der Waals surface area (Å²) >= 11 is 0. The maximum absolute atomic E-state index is 11.5. The van der Waals surface area contributed by atoms with E-state index in [1.807, 2.05) is 13.8 Å². The molecule has 1 aromatic rings. The number of carbonyl (C=O) groups is 1. The summed E-state index contributed by atoms with van der Waals surface area (Å²) in [6.45, 7) is 4.17. The molecule has 0 aromatic carbocycles. The zero-order valence-electron chi connectivity index (χ0n) is 9.67. The number of furan rings is 1. The molecule has 17 heavy (non-hydrogen) atoms.